The molecule has 2 N–H and O–H groups in total. The first kappa shape index (κ1) is 16.1. The van der Waals surface area contributed by atoms with Crippen molar-refractivity contribution in [3.63, 3.8) is 0 Å². The van der Waals surface area contributed by atoms with E-state index >= 15 is 0 Å². The second-order valence-corrected chi connectivity index (χ2v) is 6.18. The zero-order valence-corrected chi connectivity index (χ0v) is 14.0. The van der Waals surface area contributed by atoms with Crippen LogP contribution >= 0.6 is 0 Å². The predicted molar refractivity (Wildman–Crippen MR) is 90.2 cm³/mol. The summed E-state index contributed by atoms with van der Waals surface area (Å²) in [5.41, 5.74) is 0.207. The summed E-state index contributed by atoms with van der Waals surface area (Å²) in [6.45, 7) is 1.69. The first-order valence-electron chi connectivity index (χ1n) is 8.26. The van der Waals surface area contributed by atoms with E-state index in [4.69, 9.17) is 4.52 Å². The third-order valence-electron chi connectivity index (χ3n) is 4.11. The normalized spacial score (nSPS) is 14.8. The minimum Gasteiger partial charge on any atom is -0.340 e. The van der Waals surface area contributed by atoms with E-state index in [0.717, 1.165) is 12.8 Å². The summed E-state index contributed by atoms with van der Waals surface area (Å²) >= 11 is 0. The second kappa shape index (κ2) is 6.51. The largest absolute Gasteiger partial charge is 0.340 e. The van der Waals surface area contributed by atoms with Crippen molar-refractivity contribution in [1.82, 2.24) is 30.4 Å². The van der Waals surface area contributed by atoms with E-state index in [1.165, 1.54) is 6.20 Å². The van der Waals surface area contributed by atoms with Gasteiger partial charge in [0.15, 0.2) is 0 Å². The molecule has 0 unspecified atom stereocenters. The number of carbonyl (C=O) groups is 1. The first-order chi connectivity index (χ1) is 12.6. The van der Waals surface area contributed by atoms with Gasteiger partial charge in [0.05, 0.1) is 0 Å². The quantitative estimate of drug-likeness (QED) is 0.713. The Morgan fingerprint density at radius 2 is 2.23 bits per heavy atom. The van der Waals surface area contributed by atoms with Crippen molar-refractivity contribution in [2.75, 3.05) is 0 Å². The monoisotopic (exact) mass is 352 g/mol. The molecule has 1 saturated carbocycles. The molecule has 1 aliphatic rings. The molecule has 4 rings (SSSR count). The number of hydrogen-bond donors (Lipinski definition) is 2. The van der Waals surface area contributed by atoms with E-state index in [0.29, 0.717) is 23.1 Å². The van der Waals surface area contributed by atoms with E-state index in [9.17, 15) is 9.59 Å². The van der Waals surface area contributed by atoms with Gasteiger partial charge < -0.3 is 14.8 Å². The average Bonchev–Trinajstić information content (AvgIpc) is 3.38. The fourth-order valence-electron chi connectivity index (χ4n) is 2.49. The van der Waals surface area contributed by atoms with Gasteiger partial charge in [-0.1, -0.05) is 5.16 Å². The van der Waals surface area contributed by atoms with Gasteiger partial charge in [-0.3, -0.25) is 14.6 Å². The molecule has 1 amide bonds. The molecule has 0 bridgehead atoms. The molecule has 0 spiro atoms. The van der Waals surface area contributed by atoms with Gasteiger partial charge in [-0.2, -0.15) is 4.98 Å². The van der Waals surface area contributed by atoms with Crippen molar-refractivity contribution in [3.8, 4) is 11.4 Å². The van der Waals surface area contributed by atoms with Crippen LogP contribution in [0.25, 0.3) is 11.4 Å². The number of pyridine rings is 1. The molecule has 1 aliphatic carbocycles. The molecule has 3 aromatic heterocycles. The minimum atomic E-state index is -0.567. The molecular weight excluding hydrogens is 336 g/mol. The Hall–Kier alpha value is -3.36. The molecule has 1 atom stereocenters. The van der Waals surface area contributed by atoms with Gasteiger partial charge in [0.1, 0.15) is 17.4 Å². The molecule has 0 aliphatic heterocycles. The number of H-pyrrole nitrogens is 1. The van der Waals surface area contributed by atoms with Gasteiger partial charge in [-0.05, 0) is 31.9 Å². The van der Waals surface area contributed by atoms with Gasteiger partial charge in [0.2, 0.25) is 11.7 Å². The standard InChI is InChI=1S/C17H16N6O3/c1-9(17-22-14(23-26-17)11-3-2-6-18-7-11)20-15(24)12-8-19-13(10-4-5-10)21-16(12)25/h2-3,6-10H,4-5H2,1H3,(H,20,24)(H,19,21,25)/t9-/m1/s1. The van der Waals surface area contributed by atoms with Crippen LogP contribution in [0.2, 0.25) is 0 Å². The zero-order chi connectivity index (χ0) is 18.1. The summed E-state index contributed by atoms with van der Waals surface area (Å²) in [4.78, 5) is 39.6. The van der Waals surface area contributed by atoms with E-state index in [-0.39, 0.29) is 11.5 Å². The maximum Gasteiger partial charge on any atom is 0.263 e. The zero-order valence-electron chi connectivity index (χ0n) is 14.0. The highest BCUT2D eigenvalue weighted by molar-refractivity contribution is 5.93. The fourth-order valence-corrected chi connectivity index (χ4v) is 2.49. The number of amides is 1. The summed E-state index contributed by atoms with van der Waals surface area (Å²) in [6, 6.07) is 3.00. The van der Waals surface area contributed by atoms with Crippen LogP contribution in [0.4, 0.5) is 0 Å². The Balaban J connectivity index is 1.48. The molecule has 0 aromatic carbocycles. The molecule has 26 heavy (non-hydrogen) atoms. The van der Waals surface area contributed by atoms with Gasteiger partial charge in [-0.25, -0.2) is 4.98 Å². The van der Waals surface area contributed by atoms with Crippen LogP contribution < -0.4 is 10.9 Å². The van der Waals surface area contributed by atoms with Crippen LogP contribution in [0.5, 0.6) is 0 Å². The number of aromatic amines is 1. The van der Waals surface area contributed by atoms with Crippen LogP contribution in [0, 0.1) is 0 Å². The molecular formula is C17H16N6O3. The van der Waals surface area contributed by atoms with Crippen molar-refractivity contribution in [3.05, 3.63) is 58.4 Å². The van der Waals surface area contributed by atoms with Crippen molar-refractivity contribution in [2.45, 2.75) is 31.7 Å². The first-order valence-corrected chi connectivity index (χ1v) is 8.26. The Kier molecular flexibility index (Phi) is 4.04. The van der Waals surface area contributed by atoms with Crippen LogP contribution in [0.1, 0.15) is 53.8 Å². The second-order valence-electron chi connectivity index (χ2n) is 6.18. The number of nitrogens with one attached hydrogen (secondary N) is 2. The predicted octanol–water partition coefficient (Wildman–Crippen LogP) is 1.58. The smallest absolute Gasteiger partial charge is 0.263 e. The fraction of sp³-hybridized carbons (Fsp3) is 0.294. The number of nitrogens with zero attached hydrogens (tertiary/aromatic N) is 4. The average molecular weight is 352 g/mol. The lowest BCUT2D eigenvalue weighted by molar-refractivity contribution is 0.0930. The summed E-state index contributed by atoms with van der Waals surface area (Å²) < 4.78 is 5.20. The number of hydrogen-bond acceptors (Lipinski definition) is 7. The molecule has 9 heteroatoms. The van der Waals surface area contributed by atoms with Gasteiger partial charge in [0, 0.05) is 30.1 Å². The summed E-state index contributed by atoms with van der Waals surface area (Å²) in [6.07, 6.45) is 6.60. The molecule has 1 fully saturated rings. The lowest BCUT2D eigenvalue weighted by atomic mass is 10.2. The van der Waals surface area contributed by atoms with E-state index in [2.05, 4.69) is 30.4 Å². The highest BCUT2D eigenvalue weighted by Crippen LogP contribution is 2.37. The molecule has 132 valence electrons. The third-order valence-corrected chi connectivity index (χ3v) is 4.11. The topological polar surface area (TPSA) is 127 Å². The number of rotatable bonds is 5. The lowest BCUT2D eigenvalue weighted by Gasteiger charge is -2.09. The van der Waals surface area contributed by atoms with Crippen LogP contribution in [-0.4, -0.2) is 31.0 Å². The van der Waals surface area contributed by atoms with E-state index < -0.39 is 17.5 Å². The molecule has 3 aromatic rings. The highest BCUT2D eigenvalue weighted by Gasteiger charge is 2.27. The van der Waals surface area contributed by atoms with Crippen LogP contribution in [0.15, 0.2) is 40.0 Å². The van der Waals surface area contributed by atoms with Crippen molar-refractivity contribution in [2.24, 2.45) is 0 Å². The Morgan fingerprint density at radius 3 is 2.92 bits per heavy atom. The maximum atomic E-state index is 12.4. The Labute approximate surface area is 147 Å². The lowest BCUT2D eigenvalue weighted by Crippen LogP contribution is -2.32. The van der Waals surface area contributed by atoms with Crippen LogP contribution in [0.3, 0.4) is 0 Å². The summed E-state index contributed by atoms with van der Waals surface area (Å²) in [5, 5.41) is 6.56. The van der Waals surface area contributed by atoms with Gasteiger partial charge in [-0.15, -0.1) is 0 Å². The van der Waals surface area contributed by atoms with E-state index in [1.807, 2.05) is 0 Å². The molecule has 0 radical (unpaired) electrons. The van der Waals surface area contributed by atoms with Gasteiger partial charge >= 0.3 is 0 Å². The van der Waals surface area contributed by atoms with Crippen molar-refractivity contribution >= 4 is 5.91 Å². The van der Waals surface area contributed by atoms with Gasteiger partial charge in [0.25, 0.3) is 11.5 Å². The third kappa shape index (κ3) is 3.23. The summed E-state index contributed by atoms with van der Waals surface area (Å²) in [7, 11) is 0. The highest BCUT2D eigenvalue weighted by atomic mass is 16.5. The van der Waals surface area contributed by atoms with Crippen LogP contribution in [-0.2, 0) is 0 Å². The maximum absolute atomic E-state index is 12.4. The molecule has 3 heterocycles. The SMILES string of the molecule is C[C@@H](NC(=O)c1cnc(C2CC2)[nH]c1=O)c1nc(-c2cccnc2)no1. The Morgan fingerprint density at radius 1 is 1.38 bits per heavy atom. The van der Waals surface area contributed by atoms with Crippen molar-refractivity contribution < 1.29 is 9.32 Å². The number of carbonyl (C=O) groups excluding carboxylic acids is 1. The number of aromatic nitrogens is 5. The minimum absolute atomic E-state index is 0.0479. The van der Waals surface area contributed by atoms with Crippen molar-refractivity contribution in [1.29, 1.82) is 0 Å². The molecule has 9 nitrogen and oxygen atoms in total. The van der Waals surface area contributed by atoms with E-state index in [1.54, 1.807) is 31.5 Å². The molecule has 0 saturated heterocycles. The Bertz CT molecular complexity index is 993. The summed E-state index contributed by atoms with van der Waals surface area (Å²) in [5.74, 6) is 1.01.